The number of ketones is 1. The zero-order valence-corrected chi connectivity index (χ0v) is 23.2. The van der Waals surface area contributed by atoms with E-state index in [1.807, 2.05) is 13.8 Å². The summed E-state index contributed by atoms with van der Waals surface area (Å²) < 4.78 is 49.6. The van der Waals surface area contributed by atoms with Crippen LogP contribution in [0, 0.1) is 45.8 Å². The molecule has 0 heterocycles. The van der Waals surface area contributed by atoms with Crippen LogP contribution in [-0.4, -0.2) is 59.3 Å². The number of fused-ring (bicyclic) bond motifs is 5. The maximum Gasteiger partial charge on any atom is 0.509 e. The van der Waals surface area contributed by atoms with Crippen molar-refractivity contribution in [1.29, 1.82) is 5.26 Å². The maximum atomic E-state index is 17.4. The molecule has 0 amide bonds. The van der Waals surface area contributed by atoms with E-state index in [-0.39, 0.29) is 30.8 Å². The van der Waals surface area contributed by atoms with Crippen molar-refractivity contribution >= 4 is 17.9 Å². The molecule has 0 spiro atoms. The molecule has 10 atom stereocenters. The first kappa shape index (κ1) is 29.2. The fraction of sp³-hybridized carbons (Fsp3) is 0.724. The Labute approximate surface area is 227 Å². The molecule has 8 nitrogen and oxygen atoms in total. The summed E-state index contributed by atoms with van der Waals surface area (Å²) in [7, 11) is 0. The second-order valence-corrected chi connectivity index (χ2v) is 12.4. The number of ether oxygens (including phenoxy) is 3. The van der Waals surface area contributed by atoms with E-state index < -0.39 is 82.7 Å². The van der Waals surface area contributed by atoms with Gasteiger partial charge in [0.05, 0.1) is 6.10 Å². The number of rotatable bonds is 5. The van der Waals surface area contributed by atoms with Gasteiger partial charge in [0.25, 0.3) is 0 Å². The van der Waals surface area contributed by atoms with E-state index >= 15 is 8.78 Å². The minimum atomic E-state index is -2.36. The molecule has 39 heavy (non-hydrogen) atoms. The molecule has 0 aromatic carbocycles. The molecule has 4 rings (SSSR count). The largest absolute Gasteiger partial charge is 0.509 e. The van der Waals surface area contributed by atoms with Crippen LogP contribution in [-0.2, 0) is 23.8 Å². The van der Waals surface area contributed by atoms with Gasteiger partial charge in [-0.25, -0.2) is 18.4 Å². The number of carbonyl (C=O) groups is 3. The lowest BCUT2D eigenvalue weighted by Gasteiger charge is -2.62. The van der Waals surface area contributed by atoms with Gasteiger partial charge >= 0.3 is 12.1 Å². The number of aliphatic hydroxyl groups is 1. The Balaban J connectivity index is 1.82. The number of alkyl halides is 2. The van der Waals surface area contributed by atoms with Crippen molar-refractivity contribution in [3.8, 4) is 6.07 Å². The molecular formula is C29H37F2NO7. The highest BCUT2D eigenvalue weighted by Crippen LogP contribution is 2.71. The van der Waals surface area contributed by atoms with E-state index in [1.165, 1.54) is 19.1 Å². The SMILES string of the molecule is CC(C)C(C)OC(=O)O[C@]1(C(=O)OCC#N)[C@H](C)C[C@H]2[C@@H]3C[C@H](F)C4=CC(=O)C=C[C@]4(C)[C@@]3(F)[C@@H](O)C[C@@]21C. The second kappa shape index (κ2) is 9.69. The van der Waals surface area contributed by atoms with Crippen LogP contribution in [0.15, 0.2) is 23.8 Å². The van der Waals surface area contributed by atoms with Crippen molar-refractivity contribution in [2.45, 2.75) is 90.5 Å². The third-order valence-corrected chi connectivity index (χ3v) is 10.2. The van der Waals surface area contributed by atoms with Crippen LogP contribution in [0.2, 0.25) is 0 Å². The number of halogens is 2. The van der Waals surface area contributed by atoms with Gasteiger partial charge in [-0.1, -0.05) is 33.8 Å². The predicted molar refractivity (Wildman–Crippen MR) is 134 cm³/mol. The van der Waals surface area contributed by atoms with Crippen molar-refractivity contribution in [3.05, 3.63) is 23.8 Å². The Morgan fingerprint density at radius 2 is 1.90 bits per heavy atom. The van der Waals surface area contributed by atoms with E-state index in [4.69, 9.17) is 19.5 Å². The zero-order valence-electron chi connectivity index (χ0n) is 23.2. The molecule has 1 unspecified atom stereocenters. The quantitative estimate of drug-likeness (QED) is 0.496. The van der Waals surface area contributed by atoms with Gasteiger partial charge in [0.15, 0.2) is 18.1 Å². The normalized spacial score (nSPS) is 43.4. The summed E-state index contributed by atoms with van der Waals surface area (Å²) >= 11 is 0. The number of hydrogen-bond acceptors (Lipinski definition) is 8. The summed E-state index contributed by atoms with van der Waals surface area (Å²) in [6.45, 7) is 9.52. The Kier molecular flexibility index (Phi) is 7.25. The summed E-state index contributed by atoms with van der Waals surface area (Å²) in [5.41, 5.74) is -7.37. The van der Waals surface area contributed by atoms with Crippen LogP contribution in [0.1, 0.15) is 60.8 Å². The Morgan fingerprint density at radius 3 is 2.51 bits per heavy atom. The first-order valence-electron chi connectivity index (χ1n) is 13.5. The van der Waals surface area contributed by atoms with Gasteiger partial charge in [0, 0.05) is 22.7 Å². The molecule has 10 heteroatoms. The molecule has 0 aromatic rings. The van der Waals surface area contributed by atoms with Crippen molar-refractivity contribution in [2.75, 3.05) is 6.61 Å². The van der Waals surface area contributed by atoms with Gasteiger partial charge in [0.1, 0.15) is 18.3 Å². The molecule has 0 aromatic heterocycles. The smallest absolute Gasteiger partial charge is 0.447 e. The number of carbonyl (C=O) groups excluding carboxylic acids is 3. The molecule has 0 bridgehead atoms. The Hall–Kier alpha value is -2.80. The highest BCUT2D eigenvalue weighted by Gasteiger charge is 2.79. The molecular weight excluding hydrogens is 512 g/mol. The van der Waals surface area contributed by atoms with Crippen molar-refractivity contribution < 1.29 is 42.5 Å². The molecule has 3 fully saturated rings. The number of allylic oxidation sites excluding steroid dienone is 4. The number of esters is 1. The molecule has 0 radical (unpaired) electrons. The Morgan fingerprint density at radius 1 is 1.23 bits per heavy atom. The van der Waals surface area contributed by atoms with E-state index in [1.54, 1.807) is 26.8 Å². The minimum absolute atomic E-state index is 0.00959. The van der Waals surface area contributed by atoms with E-state index in [9.17, 15) is 19.5 Å². The molecule has 0 saturated heterocycles. The van der Waals surface area contributed by atoms with Crippen LogP contribution < -0.4 is 0 Å². The van der Waals surface area contributed by atoms with Gasteiger partial charge in [-0.05, 0) is 62.7 Å². The maximum absolute atomic E-state index is 17.4. The molecule has 0 aliphatic heterocycles. The number of aliphatic hydroxyl groups excluding tert-OH is 1. The average molecular weight is 550 g/mol. The van der Waals surface area contributed by atoms with Gasteiger partial charge in [-0.3, -0.25) is 4.79 Å². The summed E-state index contributed by atoms with van der Waals surface area (Å²) in [6, 6.07) is 1.73. The average Bonchev–Trinajstić information content (AvgIpc) is 3.07. The second-order valence-electron chi connectivity index (χ2n) is 12.4. The summed E-state index contributed by atoms with van der Waals surface area (Å²) in [4.78, 5) is 38.8. The molecule has 4 aliphatic carbocycles. The monoisotopic (exact) mass is 549 g/mol. The molecule has 214 valence electrons. The van der Waals surface area contributed by atoms with E-state index in [0.717, 1.165) is 6.08 Å². The summed E-state index contributed by atoms with van der Waals surface area (Å²) in [6.07, 6.45) is -1.85. The van der Waals surface area contributed by atoms with Crippen LogP contribution in [0.25, 0.3) is 0 Å². The molecule has 3 saturated carbocycles. The first-order chi connectivity index (χ1) is 18.1. The van der Waals surface area contributed by atoms with Gasteiger partial charge in [0.2, 0.25) is 5.60 Å². The van der Waals surface area contributed by atoms with Gasteiger partial charge in [-0.15, -0.1) is 0 Å². The lowest BCUT2D eigenvalue weighted by Crippen LogP contribution is -2.71. The van der Waals surface area contributed by atoms with Crippen LogP contribution in [0.4, 0.5) is 13.6 Å². The minimum Gasteiger partial charge on any atom is -0.447 e. The third kappa shape index (κ3) is 3.94. The summed E-state index contributed by atoms with van der Waals surface area (Å²) in [5.74, 6) is -4.01. The highest BCUT2D eigenvalue weighted by atomic mass is 19.1. The van der Waals surface area contributed by atoms with Crippen LogP contribution in [0.5, 0.6) is 0 Å². The summed E-state index contributed by atoms with van der Waals surface area (Å²) in [5, 5.41) is 20.6. The fourth-order valence-electron chi connectivity index (χ4n) is 7.87. The van der Waals surface area contributed by atoms with Gasteiger partial charge in [-0.2, -0.15) is 5.26 Å². The van der Waals surface area contributed by atoms with Crippen molar-refractivity contribution in [1.82, 2.24) is 0 Å². The number of nitriles is 1. The molecule has 4 aliphatic rings. The standard InChI is InChI=1S/C29H37F2NO7/c1-15(2)17(4)38-25(36)39-29(24(35)37-10-9-32)16(3)11-19-20-13-22(30)21-12-18(33)7-8-26(21,5)28(20,31)23(34)14-27(19,29)6/h7-8,12,15-17,19-20,22-23,34H,10-11,13-14H2,1-6H3/t16-,17?,19+,20+,22+,23+,26+,27+,28+,29+/m1/s1. The number of hydrogen-bond donors (Lipinski definition) is 1. The lowest BCUT2D eigenvalue weighted by molar-refractivity contribution is -0.234. The first-order valence-corrected chi connectivity index (χ1v) is 13.5. The fourth-order valence-corrected chi connectivity index (χ4v) is 7.87. The number of nitrogens with zero attached hydrogens (tertiary/aromatic N) is 1. The lowest BCUT2D eigenvalue weighted by atomic mass is 9.44. The van der Waals surface area contributed by atoms with Crippen molar-refractivity contribution in [2.24, 2.45) is 34.5 Å². The molecule has 1 N–H and O–H groups in total. The van der Waals surface area contributed by atoms with Crippen LogP contribution >= 0.6 is 0 Å². The van der Waals surface area contributed by atoms with E-state index in [2.05, 4.69) is 0 Å². The van der Waals surface area contributed by atoms with E-state index in [0.29, 0.717) is 0 Å². The Bertz CT molecular complexity index is 1160. The van der Waals surface area contributed by atoms with Crippen molar-refractivity contribution in [3.63, 3.8) is 0 Å². The predicted octanol–water partition coefficient (Wildman–Crippen LogP) is 4.55. The highest BCUT2D eigenvalue weighted by molar-refractivity contribution is 6.01. The van der Waals surface area contributed by atoms with Crippen LogP contribution in [0.3, 0.4) is 0 Å². The topological polar surface area (TPSA) is 123 Å². The zero-order chi connectivity index (χ0) is 29.1. The van der Waals surface area contributed by atoms with Gasteiger partial charge < -0.3 is 19.3 Å². The third-order valence-electron chi connectivity index (χ3n) is 10.2.